The molecule has 2 heterocycles. The van der Waals surface area contributed by atoms with E-state index in [-0.39, 0.29) is 11.1 Å². The zero-order chi connectivity index (χ0) is 15.5. The Labute approximate surface area is 135 Å². The fourth-order valence-electron chi connectivity index (χ4n) is 3.93. The van der Waals surface area contributed by atoms with Gasteiger partial charge >= 0.3 is 0 Å². The summed E-state index contributed by atoms with van der Waals surface area (Å²) in [6.45, 7) is 8.96. The summed E-state index contributed by atoms with van der Waals surface area (Å²) in [5.74, 6) is 3.27. The van der Waals surface area contributed by atoms with E-state index in [4.69, 9.17) is 4.74 Å². The lowest BCUT2D eigenvalue weighted by molar-refractivity contribution is -0.114. The molecule has 2 unspecified atom stereocenters. The van der Waals surface area contributed by atoms with Gasteiger partial charge in [0.05, 0.1) is 5.60 Å². The second-order valence-corrected chi connectivity index (χ2v) is 8.70. The van der Waals surface area contributed by atoms with Gasteiger partial charge in [0.1, 0.15) is 0 Å². The molecule has 21 heavy (non-hydrogen) atoms. The van der Waals surface area contributed by atoms with E-state index in [2.05, 4.69) is 56.8 Å². The molecule has 124 valence electrons. The first-order valence-electron chi connectivity index (χ1n) is 8.54. The summed E-state index contributed by atoms with van der Waals surface area (Å²) in [5, 5.41) is 3.79. The largest absolute Gasteiger partial charge is 0.375 e. The van der Waals surface area contributed by atoms with Gasteiger partial charge in [-0.15, -0.1) is 0 Å². The summed E-state index contributed by atoms with van der Waals surface area (Å²) < 4.78 is 6.28. The van der Waals surface area contributed by atoms with Gasteiger partial charge in [0.2, 0.25) is 0 Å². The standard InChI is InChI=1S/C17H34N2OS/c1-6-18-15(16(2,3)19(4)5)14-7-10-20-17(13-14)8-11-21-12-9-17/h14-15,18H,6-13H2,1-5H3. The first-order chi connectivity index (χ1) is 9.91. The number of hydrogen-bond acceptors (Lipinski definition) is 4. The molecule has 2 atom stereocenters. The first kappa shape index (κ1) is 17.6. The van der Waals surface area contributed by atoms with Crippen LogP contribution in [0.25, 0.3) is 0 Å². The van der Waals surface area contributed by atoms with Crippen molar-refractivity contribution in [2.45, 2.75) is 63.6 Å². The maximum atomic E-state index is 6.28. The van der Waals surface area contributed by atoms with Crippen molar-refractivity contribution in [1.29, 1.82) is 0 Å². The third-order valence-electron chi connectivity index (χ3n) is 5.74. The van der Waals surface area contributed by atoms with Crippen LogP contribution in [0.15, 0.2) is 0 Å². The number of thioether (sulfide) groups is 1. The smallest absolute Gasteiger partial charge is 0.0701 e. The highest BCUT2D eigenvalue weighted by Gasteiger charge is 2.45. The van der Waals surface area contributed by atoms with Crippen molar-refractivity contribution in [3.63, 3.8) is 0 Å². The van der Waals surface area contributed by atoms with E-state index in [1.165, 1.54) is 37.2 Å². The lowest BCUT2D eigenvalue weighted by atomic mass is 9.73. The Morgan fingerprint density at radius 3 is 2.57 bits per heavy atom. The number of hydrogen-bond donors (Lipinski definition) is 1. The molecular weight excluding hydrogens is 280 g/mol. The lowest BCUT2D eigenvalue weighted by Gasteiger charge is -2.50. The van der Waals surface area contributed by atoms with E-state index in [0.29, 0.717) is 6.04 Å². The minimum Gasteiger partial charge on any atom is -0.375 e. The molecule has 2 saturated heterocycles. The molecule has 0 aromatic heterocycles. The van der Waals surface area contributed by atoms with Crippen molar-refractivity contribution in [3.8, 4) is 0 Å². The van der Waals surface area contributed by atoms with E-state index in [1.807, 2.05) is 0 Å². The lowest BCUT2D eigenvalue weighted by Crippen LogP contribution is -2.60. The first-order valence-corrected chi connectivity index (χ1v) is 9.69. The van der Waals surface area contributed by atoms with Gasteiger partial charge in [-0.3, -0.25) is 0 Å². The van der Waals surface area contributed by atoms with Crippen molar-refractivity contribution in [2.24, 2.45) is 5.92 Å². The van der Waals surface area contributed by atoms with Crippen LogP contribution in [0.2, 0.25) is 0 Å². The van der Waals surface area contributed by atoms with Crippen LogP contribution in [0.5, 0.6) is 0 Å². The highest BCUT2D eigenvalue weighted by molar-refractivity contribution is 7.99. The maximum Gasteiger partial charge on any atom is 0.0701 e. The normalized spacial score (nSPS) is 28.0. The van der Waals surface area contributed by atoms with E-state index in [0.717, 1.165) is 19.1 Å². The second kappa shape index (κ2) is 7.20. The number of ether oxygens (including phenoxy) is 1. The summed E-state index contributed by atoms with van der Waals surface area (Å²) in [4.78, 5) is 2.37. The zero-order valence-corrected chi connectivity index (χ0v) is 15.4. The van der Waals surface area contributed by atoms with E-state index < -0.39 is 0 Å². The molecule has 2 rings (SSSR count). The van der Waals surface area contributed by atoms with Crippen LogP contribution >= 0.6 is 11.8 Å². The minimum atomic E-state index is 0.169. The summed E-state index contributed by atoms with van der Waals surface area (Å²) in [6, 6.07) is 0.535. The Hall–Kier alpha value is 0.230. The van der Waals surface area contributed by atoms with E-state index >= 15 is 0 Å². The van der Waals surface area contributed by atoms with Gasteiger partial charge < -0.3 is 15.0 Å². The molecular formula is C17H34N2OS. The number of rotatable bonds is 5. The van der Waals surface area contributed by atoms with Crippen LogP contribution in [-0.4, -0.2) is 60.8 Å². The Balaban J connectivity index is 2.12. The average molecular weight is 315 g/mol. The summed E-state index contributed by atoms with van der Waals surface area (Å²) in [5.41, 5.74) is 0.354. The number of nitrogens with zero attached hydrogens (tertiary/aromatic N) is 1. The molecule has 0 amide bonds. The van der Waals surface area contributed by atoms with E-state index in [9.17, 15) is 0 Å². The molecule has 0 aliphatic carbocycles. The third kappa shape index (κ3) is 3.95. The van der Waals surface area contributed by atoms with Crippen LogP contribution in [0.4, 0.5) is 0 Å². The third-order valence-corrected chi connectivity index (χ3v) is 6.73. The molecule has 0 saturated carbocycles. The molecule has 2 fully saturated rings. The molecule has 1 N–H and O–H groups in total. The maximum absolute atomic E-state index is 6.28. The van der Waals surface area contributed by atoms with Gasteiger partial charge in [0.15, 0.2) is 0 Å². The van der Waals surface area contributed by atoms with Gasteiger partial charge in [-0.1, -0.05) is 6.92 Å². The molecule has 2 aliphatic heterocycles. The SMILES string of the molecule is CCNC(C1CCOC2(CCSCC2)C1)C(C)(C)N(C)C. The molecule has 0 bridgehead atoms. The Kier molecular flexibility index (Phi) is 6.03. The summed E-state index contributed by atoms with van der Waals surface area (Å²) >= 11 is 2.09. The molecule has 0 aromatic carbocycles. The molecule has 3 nitrogen and oxygen atoms in total. The minimum absolute atomic E-state index is 0.169. The number of nitrogens with one attached hydrogen (secondary N) is 1. The predicted octanol–water partition coefficient (Wildman–Crippen LogP) is 3.00. The van der Waals surface area contributed by atoms with Crippen molar-refractivity contribution in [2.75, 3.05) is 38.8 Å². The topological polar surface area (TPSA) is 24.5 Å². The Morgan fingerprint density at radius 2 is 2.00 bits per heavy atom. The van der Waals surface area contributed by atoms with Gasteiger partial charge in [-0.05, 0) is 77.6 Å². The van der Waals surface area contributed by atoms with Crippen LogP contribution in [0, 0.1) is 5.92 Å². The van der Waals surface area contributed by atoms with Gasteiger partial charge in [-0.25, -0.2) is 0 Å². The Morgan fingerprint density at radius 1 is 1.33 bits per heavy atom. The van der Waals surface area contributed by atoms with Crippen molar-refractivity contribution in [3.05, 3.63) is 0 Å². The monoisotopic (exact) mass is 314 g/mol. The fourth-order valence-corrected chi connectivity index (χ4v) is 5.17. The molecule has 4 heteroatoms. The quantitative estimate of drug-likeness (QED) is 0.843. The predicted molar refractivity (Wildman–Crippen MR) is 93.2 cm³/mol. The van der Waals surface area contributed by atoms with E-state index in [1.54, 1.807) is 0 Å². The summed E-state index contributed by atoms with van der Waals surface area (Å²) in [7, 11) is 4.41. The van der Waals surface area contributed by atoms with Crippen LogP contribution in [0.1, 0.15) is 46.5 Å². The van der Waals surface area contributed by atoms with Crippen molar-refractivity contribution in [1.82, 2.24) is 10.2 Å². The molecule has 2 aliphatic rings. The second-order valence-electron chi connectivity index (χ2n) is 7.48. The zero-order valence-electron chi connectivity index (χ0n) is 14.6. The van der Waals surface area contributed by atoms with Gasteiger partial charge in [0, 0.05) is 18.2 Å². The van der Waals surface area contributed by atoms with Gasteiger partial charge in [-0.2, -0.15) is 11.8 Å². The highest BCUT2D eigenvalue weighted by atomic mass is 32.2. The summed E-state index contributed by atoms with van der Waals surface area (Å²) in [6.07, 6.45) is 4.93. The highest BCUT2D eigenvalue weighted by Crippen LogP contribution is 2.42. The van der Waals surface area contributed by atoms with Crippen LogP contribution in [-0.2, 0) is 4.74 Å². The molecule has 1 spiro atoms. The average Bonchev–Trinajstić information content (AvgIpc) is 2.45. The Bertz CT molecular complexity index is 321. The molecule has 0 radical (unpaired) electrons. The fraction of sp³-hybridized carbons (Fsp3) is 1.00. The number of likely N-dealkylation sites (N-methyl/N-ethyl adjacent to an activating group) is 2. The van der Waals surface area contributed by atoms with Crippen molar-refractivity contribution < 1.29 is 4.74 Å². The van der Waals surface area contributed by atoms with Crippen molar-refractivity contribution >= 4 is 11.8 Å². The van der Waals surface area contributed by atoms with Crippen LogP contribution < -0.4 is 5.32 Å². The van der Waals surface area contributed by atoms with Gasteiger partial charge in [0.25, 0.3) is 0 Å². The molecule has 0 aromatic rings. The van der Waals surface area contributed by atoms with Crippen LogP contribution in [0.3, 0.4) is 0 Å².